The zero-order valence-electron chi connectivity index (χ0n) is 5.87. The molecule has 10 heavy (non-hydrogen) atoms. The quantitative estimate of drug-likeness (QED) is 0.695. The first-order chi connectivity index (χ1) is 4.30. The van der Waals surface area contributed by atoms with Crippen molar-refractivity contribution in [2.75, 3.05) is 0 Å². The van der Waals surface area contributed by atoms with Crippen molar-refractivity contribution in [3.8, 4) is 0 Å². The van der Waals surface area contributed by atoms with Crippen molar-refractivity contribution in [1.29, 1.82) is 0 Å². The molecule has 54 valence electrons. The molecular formula is C8H10IN. The molecule has 0 amide bonds. The minimum Gasteiger partial charge on any atom is -0.257 e. The van der Waals surface area contributed by atoms with E-state index in [4.69, 9.17) is 0 Å². The van der Waals surface area contributed by atoms with Crippen molar-refractivity contribution in [2.45, 2.75) is 6.92 Å². The maximum absolute atomic E-state index is 4.08. The van der Waals surface area contributed by atoms with Gasteiger partial charge in [0, 0.05) is 6.20 Å². The Hall–Kier alpha value is -0.380. The number of aromatic nitrogens is 1. The second-order valence-electron chi connectivity index (χ2n) is 2.00. The van der Waals surface area contributed by atoms with Crippen molar-refractivity contribution in [1.82, 2.24) is 4.98 Å². The van der Waals surface area contributed by atoms with Crippen LogP contribution in [0.1, 0.15) is 12.6 Å². The molecule has 0 bridgehead atoms. The van der Waals surface area contributed by atoms with Gasteiger partial charge >= 0.3 is 0 Å². The minimum atomic E-state index is 0. The normalized spacial score (nSPS) is 8.10. The van der Waals surface area contributed by atoms with Gasteiger partial charge in [0.15, 0.2) is 0 Å². The van der Waals surface area contributed by atoms with Crippen LogP contribution in [-0.4, -0.2) is 4.98 Å². The van der Waals surface area contributed by atoms with E-state index in [0.717, 1.165) is 11.3 Å². The summed E-state index contributed by atoms with van der Waals surface area (Å²) in [5.74, 6) is 0. The van der Waals surface area contributed by atoms with Crippen LogP contribution in [0.3, 0.4) is 0 Å². The molecule has 2 heteroatoms. The summed E-state index contributed by atoms with van der Waals surface area (Å²) < 4.78 is 0. The number of rotatable bonds is 1. The molecule has 0 atom stereocenters. The van der Waals surface area contributed by atoms with Gasteiger partial charge in [-0.15, -0.1) is 24.0 Å². The smallest absolute Gasteiger partial charge is 0.0652 e. The van der Waals surface area contributed by atoms with Crippen molar-refractivity contribution >= 4 is 29.5 Å². The SMILES string of the molecule is C=C(C)c1ccccn1.I. The molecule has 0 saturated carbocycles. The summed E-state index contributed by atoms with van der Waals surface area (Å²) in [4.78, 5) is 4.08. The fourth-order valence-corrected chi connectivity index (χ4v) is 0.615. The van der Waals surface area contributed by atoms with Crippen LogP contribution in [0.4, 0.5) is 0 Å². The minimum absolute atomic E-state index is 0. The van der Waals surface area contributed by atoms with Crippen molar-refractivity contribution in [3.05, 3.63) is 36.7 Å². The number of halogens is 1. The van der Waals surface area contributed by atoms with E-state index < -0.39 is 0 Å². The standard InChI is InChI=1S/C8H9N.HI/c1-7(2)8-5-3-4-6-9-8;/h3-6H,1H2,2H3;1H. The van der Waals surface area contributed by atoms with Crippen molar-refractivity contribution in [2.24, 2.45) is 0 Å². The van der Waals surface area contributed by atoms with E-state index in [2.05, 4.69) is 11.6 Å². The second kappa shape index (κ2) is 4.44. The molecule has 0 aliphatic carbocycles. The van der Waals surface area contributed by atoms with Crippen LogP contribution in [-0.2, 0) is 0 Å². The average molecular weight is 247 g/mol. The summed E-state index contributed by atoms with van der Waals surface area (Å²) in [7, 11) is 0. The molecule has 0 aliphatic heterocycles. The van der Waals surface area contributed by atoms with Gasteiger partial charge in [0.1, 0.15) is 0 Å². The topological polar surface area (TPSA) is 12.9 Å². The predicted molar refractivity (Wildman–Crippen MR) is 54.4 cm³/mol. The second-order valence-corrected chi connectivity index (χ2v) is 2.00. The van der Waals surface area contributed by atoms with Crippen molar-refractivity contribution in [3.63, 3.8) is 0 Å². The maximum atomic E-state index is 4.08. The molecule has 0 aromatic carbocycles. The summed E-state index contributed by atoms with van der Waals surface area (Å²) in [6.07, 6.45) is 1.77. The lowest BCUT2D eigenvalue weighted by atomic mass is 10.2. The molecule has 1 rings (SSSR count). The monoisotopic (exact) mass is 247 g/mol. The molecule has 0 unspecified atom stereocenters. The summed E-state index contributed by atoms with van der Waals surface area (Å²) >= 11 is 0. The number of nitrogens with zero attached hydrogens (tertiary/aromatic N) is 1. The number of hydrogen-bond donors (Lipinski definition) is 0. The van der Waals surface area contributed by atoms with Gasteiger partial charge in [0.25, 0.3) is 0 Å². The highest BCUT2D eigenvalue weighted by Gasteiger charge is 1.88. The fraction of sp³-hybridized carbons (Fsp3) is 0.125. The summed E-state index contributed by atoms with van der Waals surface area (Å²) in [6, 6.07) is 5.80. The maximum Gasteiger partial charge on any atom is 0.0652 e. The number of hydrogen-bond acceptors (Lipinski definition) is 1. The van der Waals surface area contributed by atoms with E-state index >= 15 is 0 Å². The van der Waals surface area contributed by atoms with E-state index in [1.54, 1.807) is 6.20 Å². The number of pyridine rings is 1. The van der Waals surface area contributed by atoms with E-state index in [1.807, 2.05) is 25.1 Å². The molecule has 1 aromatic heterocycles. The van der Waals surface area contributed by atoms with Gasteiger partial charge in [-0.2, -0.15) is 0 Å². The average Bonchev–Trinajstić information content (AvgIpc) is 1.90. The Bertz CT molecular complexity index is 206. The zero-order valence-corrected chi connectivity index (χ0v) is 8.20. The molecule has 0 spiro atoms. The van der Waals surface area contributed by atoms with Crippen LogP contribution >= 0.6 is 24.0 Å². The third-order valence-corrected chi connectivity index (χ3v) is 1.10. The number of allylic oxidation sites excluding steroid dienone is 1. The highest BCUT2D eigenvalue weighted by Crippen LogP contribution is 2.04. The first kappa shape index (κ1) is 9.62. The van der Waals surface area contributed by atoms with E-state index in [-0.39, 0.29) is 24.0 Å². The van der Waals surface area contributed by atoms with Crippen LogP contribution in [0.25, 0.3) is 5.57 Å². The van der Waals surface area contributed by atoms with Gasteiger partial charge in [-0.3, -0.25) is 4.98 Å². The molecule has 0 fully saturated rings. The molecule has 0 saturated heterocycles. The summed E-state index contributed by atoms with van der Waals surface area (Å²) in [5.41, 5.74) is 1.98. The first-order valence-corrected chi connectivity index (χ1v) is 2.87. The van der Waals surface area contributed by atoms with E-state index in [1.165, 1.54) is 0 Å². The highest BCUT2D eigenvalue weighted by atomic mass is 127. The van der Waals surface area contributed by atoms with Crippen LogP contribution in [0.15, 0.2) is 31.0 Å². The highest BCUT2D eigenvalue weighted by molar-refractivity contribution is 14.0. The Morgan fingerprint density at radius 1 is 1.50 bits per heavy atom. The lowest BCUT2D eigenvalue weighted by Crippen LogP contribution is -1.80. The molecule has 1 aromatic rings. The van der Waals surface area contributed by atoms with Crippen LogP contribution in [0.2, 0.25) is 0 Å². The predicted octanol–water partition coefficient (Wildman–Crippen LogP) is 2.73. The molecule has 0 aliphatic rings. The van der Waals surface area contributed by atoms with Crippen LogP contribution in [0, 0.1) is 0 Å². The Morgan fingerprint density at radius 3 is 2.50 bits per heavy atom. The Balaban J connectivity index is 0.000000810. The summed E-state index contributed by atoms with van der Waals surface area (Å²) in [5, 5.41) is 0. The van der Waals surface area contributed by atoms with E-state index in [9.17, 15) is 0 Å². The van der Waals surface area contributed by atoms with Crippen LogP contribution in [0.5, 0.6) is 0 Å². The van der Waals surface area contributed by atoms with Gasteiger partial charge in [-0.25, -0.2) is 0 Å². The fourth-order valence-electron chi connectivity index (χ4n) is 0.615. The van der Waals surface area contributed by atoms with Gasteiger partial charge < -0.3 is 0 Å². The molecule has 0 radical (unpaired) electrons. The lowest BCUT2D eigenvalue weighted by Gasteiger charge is -1.93. The lowest BCUT2D eigenvalue weighted by molar-refractivity contribution is 1.27. The van der Waals surface area contributed by atoms with Gasteiger partial charge in [-0.05, 0) is 24.6 Å². The molecular weight excluding hydrogens is 237 g/mol. The van der Waals surface area contributed by atoms with Gasteiger partial charge in [0.2, 0.25) is 0 Å². The molecule has 1 heterocycles. The Kier molecular flexibility index (Phi) is 4.27. The zero-order chi connectivity index (χ0) is 6.69. The summed E-state index contributed by atoms with van der Waals surface area (Å²) in [6.45, 7) is 5.71. The third-order valence-electron chi connectivity index (χ3n) is 1.10. The van der Waals surface area contributed by atoms with Crippen LogP contribution < -0.4 is 0 Å². The largest absolute Gasteiger partial charge is 0.257 e. The van der Waals surface area contributed by atoms with E-state index in [0.29, 0.717) is 0 Å². The third kappa shape index (κ3) is 2.47. The first-order valence-electron chi connectivity index (χ1n) is 2.87. The van der Waals surface area contributed by atoms with Gasteiger partial charge in [0.05, 0.1) is 5.69 Å². The van der Waals surface area contributed by atoms with Crippen molar-refractivity contribution < 1.29 is 0 Å². The Labute approximate surface area is 78.2 Å². The molecule has 0 N–H and O–H groups in total. The van der Waals surface area contributed by atoms with Gasteiger partial charge in [-0.1, -0.05) is 12.6 Å². The Morgan fingerprint density at radius 2 is 2.20 bits per heavy atom. The molecule has 1 nitrogen and oxygen atoms in total.